The first-order valence-corrected chi connectivity index (χ1v) is 8.81. The molecule has 2 aliphatic rings. The van der Waals surface area contributed by atoms with Crippen molar-refractivity contribution in [3.8, 4) is 5.75 Å². The lowest BCUT2D eigenvalue weighted by Crippen LogP contribution is -2.39. The average Bonchev–Trinajstić information content (AvgIpc) is 2.93. The summed E-state index contributed by atoms with van der Waals surface area (Å²) in [4.78, 5) is 4.35. The molecule has 6 heteroatoms. The molecule has 0 aliphatic carbocycles. The van der Waals surface area contributed by atoms with Gasteiger partial charge in [-0.2, -0.15) is 0 Å². The van der Waals surface area contributed by atoms with Crippen molar-refractivity contribution >= 4 is 9.84 Å². The molecule has 2 atom stereocenters. The van der Waals surface area contributed by atoms with Crippen molar-refractivity contribution < 1.29 is 13.2 Å². The molecule has 4 rings (SSSR count). The summed E-state index contributed by atoms with van der Waals surface area (Å²) in [5.41, 5.74) is 1.12. The third-order valence-electron chi connectivity index (χ3n) is 4.34. The van der Waals surface area contributed by atoms with Crippen molar-refractivity contribution in [2.24, 2.45) is 0 Å². The van der Waals surface area contributed by atoms with Crippen LogP contribution in [0.4, 0.5) is 0 Å². The molecule has 1 N–H and O–H groups in total. The molecular formula is C16H16N2O3S. The van der Waals surface area contributed by atoms with Crippen LogP contribution in [0.15, 0.2) is 52.5 Å². The third-order valence-corrected chi connectivity index (χ3v) is 6.08. The summed E-state index contributed by atoms with van der Waals surface area (Å²) in [5, 5.41) is 3.31. The Bertz CT molecular complexity index is 805. The first kappa shape index (κ1) is 13.7. The standard InChI is InChI=1S/C16H16N2O3S/c19-22(20,12-2-1-6-17-9-12)11-3-4-13-14-5-7-18-10-16(14)21-15(13)8-11/h1-4,6,8-9,14,16,18H,5,7,10H2. The summed E-state index contributed by atoms with van der Waals surface area (Å²) in [7, 11) is -3.55. The Morgan fingerprint density at radius 2 is 2.14 bits per heavy atom. The molecule has 0 bridgehead atoms. The van der Waals surface area contributed by atoms with Gasteiger partial charge in [0.15, 0.2) is 0 Å². The summed E-state index contributed by atoms with van der Waals surface area (Å²) in [6.45, 7) is 1.78. The minimum atomic E-state index is -3.55. The summed E-state index contributed by atoms with van der Waals surface area (Å²) in [6.07, 6.45) is 4.06. The molecule has 0 spiro atoms. The highest BCUT2D eigenvalue weighted by Gasteiger charge is 2.36. The van der Waals surface area contributed by atoms with Crippen LogP contribution in [0.3, 0.4) is 0 Å². The molecule has 1 aromatic heterocycles. The van der Waals surface area contributed by atoms with Gasteiger partial charge in [-0.1, -0.05) is 6.07 Å². The van der Waals surface area contributed by atoms with Crippen LogP contribution < -0.4 is 10.1 Å². The van der Waals surface area contributed by atoms with Crippen LogP contribution in [0.1, 0.15) is 17.9 Å². The maximum atomic E-state index is 12.6. The van der Waals surface area contributed by atoms with E-state index in [-0.39, 0.29) is 15.9 Å². The summed E-state index contributed by atoms with van der Waals surface area (Å²) in [6, 6.07) is 8.40. The third kappa shape index (κ3) is 2.10. The highest BCUT2D eigenvalue weighted by molar-refractivity contribution is 7.91. The Balaban J connectivity index is 1.74. The number of hydrogen-bond donors (Lipinski definition) is 1. The zero-order valence-electron chi connectivity index (χ0n) is 11.9. The second kappa shape index (κ2) is 5.07. The maximum Gasteiger partial charge on any atom is 0.208 e. The van der Waals surface area contributed by atoms with E-state index in [1.54, 1.807) is 30.5 Å². The number of ether oxygens (including phenoxy) is 1. The predicted octanol–water partition coefficient (Wildman–Crippen LogP) is 1.75. The van der Waals surface area contributed by atoms with Gasteiger partial charge in [0, 0.05) is 30.4 Å². The monoisotopic (exact) mass is 316 g/mol. The van der Waals surface area contributed by atoms with Crippen molar-refractivity contribution in [2.75, 3.05) is 13.1 Å². The number of piperidine rings is 1. The Labute approximate surface area is 129 Å². The Morgan fingerprint density at radius 1 is 1.23 bits per heavy atom. The van der Waals surface area contributed by atoms with Gasteiger partial charge in [-0.25, -0.2) is 8.42 Å². The van der Waals surface area contributed by atoms with Gasteiger partial charge >= 0.3 is 0 Å². The number of fused-ring (bicyclic) bond motifs is 3. The quantitative estimate of drug-likeness (QED) is 0.914. The average molecular weight is 316 g/mol. The maximum absolute atomic E-state index is 12.6. The van der Waals surface area contributed by atoms with Crippen molar-refractivity contribution in [3.63, 3.8) is 0 Å². The van der Waals surface area contributed by atoms with Crippen LogP contribution in [0, 0.1) is 0 Å². The van der Waals surface area contributed by atoms with E-state index in [1.807, 2.05) is 6.07 Å². The lowest BCUT2D eigenvalue weighted by Gasteiger charge is -2.24. The van der Waals surface area contributed by atoms with Crippen LogP contribution in [0.2, 0.25) is 0 Å². The summed E-state index contributed by atoms with van der Waals surface area (Å²) >= 11 is 0. The molecule has 3 heterocycles. The lowest BCUT2D eigenvalue weighted by atomic mass is 9.90. The fourth-order valence-electron chi connectivity index (χ4n) is 3.21. The van der Waals surface area contributed by atoms with E-state index in [1.165, 1.54) is 6.20 Å². The SMILES string of the molecule is O=S(=O)(c1cccnc1)c1ccc2c(c1)OC1CNCCC21. The van der Waals surface area contributed by atoms with E-state index < -0.39 is 9.84 Å². The second-order valence-corrected chi connectivity index (χ2v) is 7.60. The first-order chi connectivity index (χ1) is 10.7. The van der Waals surface area contributed by atoms with Crippen LogP contribution in [-0.2, 0) is 9.84 Å². The fraction of sp³-hybridized carbons (Fsp3) is 0.312. The highest BCUT2D eigenvalue weighted by atomic mass is 32.2. The van der Waals surface area contributed by atoms with Gasteiger partial charge in [-0.3, -0.25) is 4.98 Å². The van der Waals surface area contributed by atoms with Crippen molar-refractivity contribution in [3.05, 3.63) is 48.3 Å². The molecule has 0 saturated carbocycles. The molecule has 0 radical (unpaired) electrons. The van der Waals surface area contributed by atoms with E-state index >= 15 is 0 Å². The van der Waals surface area contributed by atoms with Crippen LogP contribution in [-0.4, -0.2) is 32.6 Å². The Kier molecular flexibility index (Phi) is 3.16. The largest absolute Gasteiger partial charge is 0.488 e. The smallest absolute Gasteiger partial charge is 0.208 e. The number of sulfone groups is 1. The fourth-order valence-corrected chi connectivity index (χ4v) is 4.44. The highest BCUT2D eigenvalue weighted by Crippen LogP contribution is 2.42. The van der Waals surface area contributed by atoms with Gasteiger partial charge in [0.2, 0.25) is 9.84 Å². The van der Waals surface area contributed by atoms with Gasteiger partial charge in [0.1, 0.15) is 11.9 Å². The molecule has 5 nitrogen and oxygen atoms in total. The summed E-state index contributed by atoms with van der Waals surface area (Å²) in [5.74, 6) is 1.06. The van der Waals surface area contributed by atoms with Gasteiger partial charge in [0.25, 0.3) is 0 Å². The van der Waals surface area contributed by atoms with E-state index in [0.29, 0.717) is 11.7 Å². The van der Waals surface area contributed by atoms with Gasteiger partial charge < -0.3 is 10.1 Å². The molecule has 2 aliphatic heterocycles. The van der Waals surface area contributed by atoms with E-state index in [0.717, 1.165) is 25.1 Å². The number of nitrogens with zero attached hydrogens (tertiary/aromatic N) is 1. The molecular weight excluding hydrogens is 300 g/mol. The number of hydrogen-bond acceptors (Lipinski definition) is 5. The van der Waals surface area contributed by atoms with Crippen LogP contribution in [0.5, 0.6) is 5.75 Å². The normalized spacial score (nSPS) is 23.5. The number of pyridine rings is 1. The Hall–Kier alpha value is -1.92. The molecule has 1 fully saturated rings. The summed E-state index contributed by atoms with van der Waals surface area (Å²) < 4.78 is 31.2. The second-order valence-electron chi connectivity index (χ2n) is 5.65. The molecule has 2 aromatic rings. The van der Waals surface area contributed by atoms with Crippen LogP contribution >= 0.6 is 0 Å². The number of aromatic nitrogens is 1. The molecule has 0 amide bonds. The van der Waals surface area contributed by atoms with E-state index in [4.69, 9.17) is 4.74 Å². The molecule has 22 heavy (non-hydrogen) atoms. The minimum absolute atomic E-state index is 0.111. The number of rotatable bonds is 2. The molecule has 114 valence electrons. The van der Waals surface area contributed by atoms with Crippen molar-refractivity contribution in [1.29, 1.82) is 0 Å². The van der Waals surface area contributed by atoms with E-state index in [9.17, 15) is 8.42 Å². The first-order valence-electron chi connectivity index (χ1n) is 7.33. The number of benzene rings is 1. The topological polar surface area (TPSA) is 68.3 Å². The molecule has 1 saturated heterocycles. The predicted molar refractivity (Wildman–Crippen MR) is 80.8 cm³/mol. The minimum Gasteiger partial charge on any atom is -0.488 e. The zero-order chi connectivity index (χ0) is 15.2. The Morgan fingerprint density at radius 3 is 2.95 bits per heavy atom. The zero-order valence-corrected chi connectivity index (χ0v) is 12.7. The van der Waals surface area contributed by atoms with Crippen molar-refractivity contribution in [2.45, 2.75) is 28.2 Å². The number of nitrogens with one attached hydrogen (secondary N) is 1. The van der Waals surface area contributed by atoms with Gasteiger partial charge in [-0.15, -0.1) is 0 Å². The molecule has 1 aromatic carbocycles. The van der Waals surface area contributed by atoms with Gasteiger partial charge in [0.05, 0.1) is 9.79 Å². The molecule has 2 unspecified atom stereocenters. The van der Waals surface area contributed by atoms with E-state index in [2.05, 4.69) is 10.3 Å². The van der Waals surface area contributed by atoms with Crippen molar-refractivity contribution in [1.82, 2.24) is 10.3 Å². The van der Waals surface area contributed by atoms with Gasteiger partial charge in [-0.05, 0) is 37.2 Å². The lowest BCUT2D eigenvalue weighted by molar-refractivity contribution is 0.176. The van der Waals surface area contributed by atoms with Crippen LogP contribution in [0.25, 0.3) is 0 Å².